The quantitative estimate of drug-likeness (QED) is 0.231. The van der Waals surface area contributed by atoms with E-state index in [-0.39, 0.29) is 23.1 Å². The molecule has 0 spiro atoms. The second-order valence-electron chi connectivity index (χ2n) is 12.5. The van der Waals surface area contributed by atoms with E-state index in [4.69, 9.17) is 20.9 Å². The zero-order valence-corrected chi connectivity index (χ0v) is 26.7. The van der Waals surface area contributed by atoms with E-state index >= 15 is 0 Å². The molecule has 0 aliphatic heterocycles. The third-order valence-electron chi connectivity index (χ3n) is 3.43. The summed E-state index contributed by atoms with van der Waals surface area (Å²) in [4.78, 5) is 21.6. The molecule has 6 nitrogen and oxygen atoms in total. The van der Waals surface area contributed by atoms with Crippen LogP contribution in [0, 0.1) is 5.41 Å². The van der Waals surface area contributed by atoms with Crippen LogP contribution in [-0.2, 0) is 19.1 Å². The number of unbranched alkanes of at least 4 members (excludes halogenated alkanes) is 2. The van der Waals surface area contributed by atoms with Gasteiger partial charge in [-0.25, -0.2) is 0 Å². The van der Waals surface area contributed by atoms with Gasteiger partial charge in [0.1, 0.15) is 11.2 Å². The van der Waals surface area contributed by atoms with Crippen molar-refractivity contribution >= 4 is 11.9 Å². The smallest absolute Gasteiger partial charge is 0.306 e. The van der Waals surface area contributed by atoms with Crippen molar-refractivity contribution < 1.29 is 19.1 Å². The van der Waals surface area contributed by atoms with Crippen molar-refractivity contribution in [3.63, 3.8) is 0 Å². The summed E-state index contributed by atoms with van der Waals surface area (Å²) in [5.74, 6) is -0.221. The summed E-state index contributed by atoms with van der Waals surface area (Å²) in [6, 6.07) is 0. The lowest BCUT2D eigenvalue weighted by molar-refractivity contribution is -0.155. The highest BCUT2D eigenvalue weighted by molar-refractivity contribution is 5.69. The van der Waals surface area contributed by atoms with E-state index < -0.39 is 0 Å². The SMILES string of the molecule is C=C(N)/C=C(/CCCC)C(=C)N.CC(C)(C)C.CCC(=O)OC(C)(C)C.CCCCC(=O)OC(C)(C)C. The molecule has 0 rings (SSSR count). The van der Waals surface area contributed by atoms with E-state index in [0.29, 0.717) is 29.7 Å². The van der Waals surface area contributed by atoms with Gasteiger partial charge in [-0.1, -0.05) is 74.5 Å². The van der Waals surface area contributed by atoms with Gasteiger partial charge in [-0.2, -0.15) is 0 Å². The van der Waals surface area contributed by atoms with Crippen molar-refractivity contribution in [3.8, 4) is 0 Å². The fourth-order valence-corrected chi connectivity index (χ4v) is 2.04. The van der Waals surface area contributed by atoms with Crippen LogP contribution in [0.4, 0.5) is 0 Å². The summed E-state index contributed by atoms with van der Waals surface area (Å²) in [7, 11) is 0. The predicted molar refractivity (Wildman–Crippen MR) is 161 cm³/mol. The molecular weight excluding hydrogens is 464 g/mol. The first-order valence-corrected chi connectivity index (χ1v) is 13.5. The van der Waals surface area contributed by atoms with Crippen molar-refractivity contribution in [3.05, 3.63) is 36.2 Å². The Bertz CT molecular complexity index is 667. The molecule has 220 valence electrons. The first-order valence-electron chi connectivity index (χ1n) is 13.5. The zero-order valence-electron chi connectivity index (χ0n) is 26.7. The van der Waals surface area contributed by atoms with Crippen molar-refractivity contribution in [2.24, 2.45) is 16.9 Å². The molecule has 0 saturated heterocycles. The molecule has 6 heteroatoms. The molecule has 0 bridgehead atoms. The number of carbonyl (C=O) groups excluding carboxylic acids is 2. The molecule has 0 atom stereocenters. The largest absolute Gasteiger partial charge is 0.460 e. The highest BCUT2D eigenvalue weighted by Gasteiger charge is 2.15. The van der Waals surface area contributed by atoms with Crippen LogP contribution in [0.1, 0.15) is 135 Å². The maximum absolute atomic E-state index is 11.0. The van der Waals surface area contributed by atoms with Crippen LogP contribution in [0.15, 0.2) is 36.2 Å². The Morgan fingerprint density at radius 1 is 0.703 bits per heavy atom. The fourth-order valence-electron chi connectivity index (χ4n) is 2.04. The average Bonchev–Trinajstić information content (AvgIpc) is 2.66. The normalized spacial score (nSPS) is 11.3. The van der Waals surface area contributed by atoms with Gasteiger partial charge in [0.15, 0.2) is 0 Å². The third-order valence-corrected chi connectivity index (χ3v) is 3.43. The number of esters is 2. The Morgan fingerprint density at radius 3 is 1.30 bits per heavy atom. The van der Waals surface area contributed by atoms with E-state index in [1.807, 2.05) is 41.5 Å². The van der Waals surface area contributed by atoms with Gasteiger partial charge in [-0.15, -0.1) is 0 Å². The van der Waals surface area contributed by atoms with Gasteiger partial charge < -0.3 is 20.9 Å². The molecule has 0 saturated carbocycles. The van der Waals surface area contributed by atoms with Crippen LogP contribution in [0.25, 0.3) is 0 Å². The predicted octanol–water partition coefficient (Wildman–Crippen LogP) is 8.36. The minimum Gasteiger partial charge on any atom is -0.460 e. The van der Waals surface area contributed by atoms with Crippen molar-refractivity contribution in [2.45, 2.75) is 146 Å². The van der Waals surface area contributed by atoms with E-state index in [9.17, 15) is 9.59 Å². The Morgan fingerprint density at radius 2 is 1.05 bits per heavy atom. The summed E-state index contributed by atoms with van der Waals surface area (Å²) in [5.41, 5.74) is 13.0. The molecule has 0 aromatic heterocycles. The third kappa shape index (κ3) is 51.3. The lowest BCUT2D eigenvalue weighted by Gasteiger charge is -2.19. The summed E-state index contributed by atoms with van der Waals surface area (Å²) in [5, 5.41) is 0. The number of rotatable bonds is 9. The van der Waals surface area contributed by atoms with Crippen LogP contribution < -0.4 is 11.5 Å². The lowest BCUT2D eigenvalue weighted by atomic mass is 10.0. The van der Waals surface area contributed by atoms with Crippen LogP contribution in [-0.4, -0.2) is 23.1 Å². The van der Waals surface area contributed by atoms with Gasteiger partial charge in [0.25, 0.3) is 0 Å². The minimum absolute atomic E-state index is 0.0839. The summed E-state index contributed by atoms with van der Waals surface area (Å²) in [6.45, 7) is 33.2. The second-order valence-corrected chi connectivity index (χ2v) is 12.5. The summed E-state index contributed by atoms with van der Waals surface area (Å²) in [6.07, 6.45) is 7.94. The topological polar surface area (TPSA) is 105 Å². The van der Waals surface area contributed by atoms with Crippen molar-refractivity contribution in [1.82, 2.24) is 0 Å². The number of ether oxygens (including phenoxy) is 2. The average molecular weight is 527 g/mol. The second kappa shape index (κ2) is 21.8. The highest BCUT2D eigenvalue weighted by atomic mass is 16.6. The molecule has 0 aromatic rings. The minimum atomic E-state index is -0.329. The van der Waals surface area contributed by atoms with E-state index in [1.165, 1.54) is 0 Å². The molecule has 37 heavy (non-hydrogen) atoms. The number of carbonyl (C=O) groups is 2. The Hall–Kier alpha value is -2.24. The van der Waals surface area contributed by atoms with Gasteiger partial charge in [0.05, 0.1) is 0 Å². The fraction of sp³-hybridized carbons (Fsp3) is 0.742. The molecule has 0 heterocycles. The number of hydrogen-bond donors (Lipinski definition) is 2. The maximum Gasteiger partial charge on any atom is 0.306 e. The molecule has 0 amide bonds. The van der Waals surface area contributed by atoms with Gasteiger partial charge in [0, 0.05) is 24.2 Å². The molecule has 0 unspecified atom stereocenters. The molecule has 0 fully saturated rings. The number of hydrogen-bond acceptors (Lipinski definition) is 6. The highest BCUT2D eigenvalue weighted by Crippen LogP contribution is 2.13. The summed E-state index contributed by atoms with van der Waals surface area (Å²) < 4.78 is 10.0. The standard InChI is InChI=1S/C10H18N2.C9H18O2.C7H14O2.C5H12/c1-4-5-6-10(9(3)12)7-8(2)11;1-5-6-7-8(10)11-9(2,3)4;1-5-6(8)9-7(2,3)4;1-5(2,3)4/h7H,2-6,11-12H2,1H3;5-7H2,1-4H3;5H2,1-4H3;1-4H3/b10-7-;;;. The summed E-state index contributed by atoms with van der Waals surface area (Å²) >= 11 is 0. The zero-order chi connectivity index (χ0) is 30.5. The molecular formula is C31H62N2O4. The van der Waals surface area contributed by atoms with Crippen LogP contribution >= 0.6 is 0 Å². The van der Waals surface area contributed by atoms with Gasteiger partial charge >= 0.3 is 11.9 Å². The maximum atomic E-state index is 11.0. The van der Waals surface area contributed by atoms with Crippen molar-refractivity contribution in [1.29, 1.82) is 0 Å². The Kier molecular flexibility index (Phi) is 24.7. The van der Waals surface area contributed by atoms with E-state index in [2.05, 4.69) is 54.7 Å². The number of allylic oxidation sites excluding steroid dienone is 2. The first-order chi connectivity index (χ1) is 16.5. The number of nitrogens with two attached hydrogens (primary N) is 2. The van der Waals surface area contributed by atoms with Crippen LogP contribution in [0.3, 0.4) is 0 Å². The van der Waals surface area contributed by atoms with E-state index in [1.54, 1.807) is 13.0 Å². The van der Waals surface area contributed by atoms with Crippen LogP contribution in [0.5, 0.6) is 0 Å². The van der Waals surface area contributed by atoms with Gasteiger partial charge in [-0.05, 0) is 77.9 Å². The van der Waals surface area contributed by atoms with Crippen LogP contribution in [0.2, 0.25) is 0 Å². The Labute approximate surface area is 230 Å². The van der Waals surface area contributed by atoms with E-state index in [0.717, 1.165) is 37.7 Å². The van der Waals surface area contributed by atoms with Gasteiger partial charge in [-0.3, -0.25) is 9.59 Å². The molecule has 0 aliphatic rings. The monoisotopic (exact) mass is 526 g/mol. The molecule has 0 aliphatic carbocycles. The molecule has 0 radical (unpaired) electrons. The molecule has 4 N–H and O–H groups in total. The van der Waals surface area contributed by atoms with Gasteiger partial charge in [0.2, 0.25) is 0 Å². The van der Waals surface area contributed by atoms with Crippen molar-refractivity contribution in [2.75, 3.05) is 0 Å². The first kappa shape index (κ1) is 41.9. The lowest BCUT2D eigenvalue weighted by Crippen LogP contribution is -2.23. The molecule has 0 aromatic carbocycles. The Balaban J connectivity index is -0.000000204.